The fraction of sp³-hybridized carbons (Fsp3) is 0.389. The Morgan fingerprint density at radius 3 is 3.04 bits per heavy atom. The smallest absolute Gasteiger partial charge is 0.252 e. The molecule has 3 aromatic heterocycles. The Hall–Kier alpha value is -3.23. The summed E-state index contributed by atoms with van der Waals surface area (Å²) < 4.78 is 7.51. The second kappa shape index (κ2) is 6.49. The number of amides is 2. The van der Waals surface area contributed by atoms with Crippen LogP contribution < -0.4 is 15.8 Å². The summed E-state index contributed by atoms with van der Waals surface area (Å²) in [5, 5.41) is 8.04. The number of carbonyl (C=O) groups is 2. The second-order valence-electron chi connectivity index (χ2n) is 6.73. The minimum absolute atomic E-state index is 0.0433. The van der Waals surface area contributed by atoms with E-state index in [0.717, 1.165) is 6.42 Å². The van der Waals surface area contributed by atoms with Gasteiger partial charge >= 0.3 is 0 Å². The molecule has 9 heteroatoms. The molecule has 0 radical (unpaired) electrons. The van der Waals surface area contributed by atoms with Crippen molar-refractivity contribution >= 4 is 28.4 Å². The summed E-state index contributed by atoms with van der Waals surface area (Å²) in [7, 11) is 0. The van der Waals surface area contributed by atoms with E-state index in [-0.39, 0.29) is 23.4 Å². The molecule has 4 heterocycles. The van der Waals surface area contributed by atoms with Crippen LogP contribution in [-0.2, 0) is 4.79 Å². The maximum atomic E-state index is 11.8. The Labute approximate surface area is 154 Å². The molecule has 0 unspecified atom stereocenters. The quantitative estimate of drug-likeness (QED) is 0.692. The predicted octanol–water partition coefficient (Wildman–Crippen LogP) is 0.978. The van der Waals surface area contributed by atoms with Crippen molar-refractivity contribution in [2.75, 3.05) is 6.61 Å². The largest absolute Gasteiger partial charge is 0.474 e. The monoisotopic (exact) mass is 368 g/mol. The third-order valence-electron chi connectivity index (χ3n) is 4.94. The van der Waals surface area contributed by atoms with Gasteiger partial charge in [-0.2, -0.15) is 5.10 Å². The lowest BCUT2D eigenvalue weighted by Crippen LogP contribution is -2.34. The molecule has 0 saturated carbocycles. The van der Waals surface area contributed by atoms with E-state index in [4.69, 9.17) is 10.5 Å². The third kappa shape index (κ3) is 2.94. The highest BCUT2D eigenvalue weighted by Gasteiger charge is 2.31. The Balaban J connectivity index is 1.77. The Bertz CT molecular complexity index is 1060. The van der Waals surface area contributed by atoms with Crippen LogP contribution in [0, 0.1) is 12.8 Å². The molecule has 3 N–H and O–H groups in total. The van der Waals surface area contributed by atoms with Crippen LogP contribution in [0.25, 0.3) is 16.6 Å². The van der Waals surface area contributed by atoms with Crippen LogP contribution in [0.2, 0.25) is 0 Å². The second-order valence-corrected chi connectivity index (χ2v) is 6.73. The van der Waals surface area contributed by atoms with Crippen LogP contribution in [-0.4, -0.2) is 44.0 Å². The Kier molecular flexibility index (Phi) is 4.14. The summed E-state index contributed by atoms with van der Waals surface area (Å²) in [5.41, 5.74) is 6.76. The lowest BCUT2D eigenvalue weighted by Gasteiger charge is -2.18. The minimum atomic E-state index is -0.576. The molecule has 140 valence electrons. The van der Waals surface area contributed by atoms with Gasteiger partial charge in [-0.1, -0.05) is 13.3 Å². The van der Waals surface area contributed by atoms with Crippen molar-refractivity contribution in [3.05, 3.63) is 29.7 Å². The van der Waals surface area contributed by atoms with Crippen molar-refractivity contribution in [2.45, 2.75) is 32.7 Å². The average molecular weight is 368 g/mol. The van der Waals surface area contributed by atoms with Crippen LogP contribution in [0.15, 0.2) is 18.3 Å². The van der Waals surface area contributed by atoms with E-state index in [9.17, 15) is 9.59 Å². The van der Waals surface area contributed by atoms with Gasteiger partial charge in [0.2, 0.25) is 11.8 Å². The number of nitrogens with two attached hydrogens (primary N) is 1. The number of nitrogens with zero attached hydrogens (tertiary/aromatic N) is 4. The number of carbonyl (C=O) groups excluding carboxylic acids is 2. The van der Waals surface area contributed by atoms with Crippen LogP contribution in [0.1, 0.15) is 35.9 Å². The molecule has 3 aromatic rings. The molecule has 0 bridgehead atoms. The summed E-state index contributed by atoms with van der Waals surface area (Å²) in [6.07, 6.45) is 3.01. The fourth-order valence-electron chi connectivity index (χ4n) is 3.57. The van der Waals surface area contributed by atoms with Gasteiger partial charge in [-0.15, -0.1) is 0 Å². The summed E-state index contributed by atoms with van der Waals surface area (Å²) in [4.78, 5) is 32.1. The number of primary amides is 1. The number of pyridine rings is 2. The first-order valence-corrected chi connectivity index (χ1v) is 8.85. The van der Waals surface area contributed by atoms with Gasteiger partial charge in [0.05, 0.1) is 11.6 Å². The molecule has 1 aliphatic heterocycles. The zero-order valence-corrected chi connectivity index (χ0v) is 15.1. The van der Waals surface area contributed by atoms with Gasteiger partial charge in [-0.25, -0.2) is 14.5 Å². The van der Waals surface area contributed by atoms with E-state index in [1.807, 2.05) is 0 Å². The first-order chi connectivity index (χ1) is 13.0. The van der Waals surface area contributed by atoms with E-state index >= 15 is 0 Å². The van der Waals surface area contributed by atoms with Crippen molar-refractivity contribution in [3.63, 3.8) is 0 Å². The topological polar surface area (TPSA) is 124 Å². The van der Waals surface area contributed by atoms with Crippen molar-refractivity contribution < 1.29 is 14.3 Å². The van der Waals surface area contributed by atoms with Gasteiger partial charge in [0.1, 0.15) is 17.9 Å². The minimum Gasteiger partial charge on any atom is -0.474 e. The molecule has 27 heavy (non-hydrogen) atoms. The number of nitrogens with one attached hydrogen (secondary N) is 1. The molecule has 2 atom stereocenters. The summed E-state index contributed by atoms with van der Waals surface area (Å²) in [6, 6.07) is 3.37. The predicted molar refractivity (Wildman–Crippen MR) is 97.4 cm³/mol. The van der Waals surface area contributed by atoms with E-state index in [2.05, 4.69) is 27.3 Å². The van der Waals surface area contributed by atoms with Crippen molar-refractivity contribution in [3.8, 4) is 5.88 Å². The molecule has 9 nitrogen and oxygen atoms in total. The standard InChI is InChI=1S/C18H20N6O3/c1-3-10-7-14(25)22-13(10)8-27-18-15-11(4-5-20-18)6-12(16(19)26)17-21-9(2)23-24(15)17/h4-6,10,13H,3,7-8H2,1-2H3,(H2,19,26)(H,22,25)/t10-,13-/m1/s1. The highest BCUT2D eigenvalue weighted by Crippen LogP contribution is 2.27. The lowest BCUT2D eigenvalue weighted by molar-refractivity contribution is -0.119. The maximum Gasteiger partial charge on any atom is 0.252 e. The number of ether oxygens (including phenoxy) is 1. The number of rotatable bonds is 5. The van der Waals surface area contributed by atoms with Crippen LogP contribution >= 0.6 is 0 Å². The number of hydrogen-bond acceptors (Lipinski definition) is 6. The summed E-state index contributed by atoms with van der Waals surface area (Å²) in [5.74, 6) is 0.584. The van der Waals surface area contributed by atoms with E-state index < -0.39 is 5.91 Å². The molecular formula is C18H20N6O3. The number of aromatic nitrogens is 4. The highest BCUT2D eigenvalue weighted by molar-refractivity contribution is 6.03. The van der Waals surface area contributed by atoms with Gasteiger partial charge in [0.15, 0.2) is 5.65 Å². The first-order valence-electron chi connectivity index (χ1n) is 8.85. The van der Waals surface area contributed by atoms with Crippen molar-refractivity contribution in [1.82, 2.24) is 24.9 Å². The van der Waals surface area contributed by atoms with E-state index in [1.165, 1.54) is 4.52 Å². The molecule has 4 rings (SSSR count). The van der Waals surface area contributed by atoms with Crippen molar-refractivity contribution in [2.24, 2.45) is 11.7 Å². The molecular weight excluding hydrogens is 348 g/mol. The zero-order chi connectivity index (χ0) is 19.1. The number of fused-ring (bicyclic) bond motifs is 3. The third-order valence-corrected chi connectivity index (χ3v) is 4.94. The molecule has 0 spiro atoms. The fourth-order valence-corrected chi connectivity index (χ4v) is 3.57. The average Bonchev–Trinajstić information content (AvgIpc) is 3.20. The molecule has 0 aromatic carbocycles. The van der Waals surface area contributed by atoms with Crippen LogP contribution in [0.5, 0.6) is 5.88 Å². The maximum absolute atomic E-state index is 11.8. The Morgan fingerprint density at radius 2 is 2.30 bits per heavy atom. The zero-order valence-electron chi connectivity index (χ0n) is 15.1. The normalized spacial score (nSPS) is 19.6. The van der Waals surface area contributed by atoms with E-state index in [0.29, 0.717) is 41.3 Å². The Morgan fingerprint density at radius 1 is 1.48 bits per heavy atom. The van der Waals surface area contributed by atoms with Gasteiger partial charge in [-0.05, 0) is 25.0 Å². The van der Waals surface area contributed by atoms with E-state index in [1.54, 1.807) is 25.3 Å². The highest BCUT2D eigenvalue weighted by atomic mass is 16.5. The molecule has 1 aliphatic rings. The van der Waals surface area contributed by atoms with Gasteiger partial charge < -0.3 is 15.8 Å². The van der Waals surface area contributed by atoms with Crippen LogP contribution in [0.3, 0.4) is 0 Å². The molecule has 1 saturated heterocycles. The number of aryl methyl sites for hydroxylation is 1. The van der Waals surface area contributed by atoms with Crippen molar-refractivity contribution in [1.29, 1.82) is 0 Å². The summed E-state index contributed by atoms with van der Waals surface area (Å²) >= 11 is 0. The molecule has 0 aliphatic carbocycles. The van der Waals surface area contributed by atoms with Gasteiger partial charge in [0, 0.05) is 18.0 Å². The van der Waals surface area contributed by atoms with Gasteiger partial charge in [0.25, 0.3) is 5.91 Å². The van der Waals surface area contributed by atoms with Gasteiger partial charge in [-0.3, -0.25) is 9.59 Å². The van der Waals surface area contributed by atoms with Crippen LogP contribution in [0.4, 0.5) is 0 Å². The number of hydrogen-bond donors (Lipinski definition) is 2. The lowest BCUT2D eigenvalue weighted by atomic mass is 9.98. The first kappa shape index (κ1) is 17.2. The SMILES string of the molecule is CC[C@@H]1CC(=O)N[C@@H]1COc1nccc2cc(C(N)=O)c3nc(C)nn3c12. The molecule has 2 amide bonds. The molecule has 1 fully saturated rings. The summed E-state index contributed by atoms with van der Waals surface area (Å²) in [6.45, 7) is 4.10.